The van der Waals surface area contributed by atoms with Crippen molar-refractivity contribution in [3.8, 4) is 11.5 Å². The summed E-state index contributed by atoms with van der Waals surface area (Å²) in [5.41, 5.74) is 3.99. The second-order valence-corrected chi connectivity index (χ2v) is 5.01. The van der Waals surface area contributed by atoms with E-state index < -0.39 is 10.8 Å². The number of hydrazone groups is 1. The lowest BCUT2D eigenvalue weighted by molar-refractivity contribution is -0.384. The van der Waals surface area contributed by atoms with Crippen LogP contribution in [0.15, 0.2) is 47.6 Å². The van der Waals surface area contributed by atoms with Crippen LogP contribution in [0, 0.1) is 10.1 Å². The Morgan fingerprint density at radius 1 is 1.12 bits per heavy atom. The zero-order chi connectivity index (χ0) is 17.1. The minimum Gasteiger partial charge on any atom is -0.454 e. The van der Waals surface area contributed by atoms with Crippen molar-refractivity contribution in [2.45, 2.75) is 6.92 Å². The van der Waals surface area contributed by atoms with Crippen LogP contribution >= 0.6 is 0 Å². The molecule has 0 spiro atoms. The zero-order valence-corrected chi connectivity index (χ0v) is 12.7. The summed E-state index contributed by atoms with van der Waals surface area (Å²) in [4.78, 5) is 22.1. The van der Waals surface area contributed by atoms with E-state index in [0.29, 0.717) is 17.2 Å². The third-order valence-corrected chi connectivity index (χ3v) is 3.46. The molecule has 0 aromatic heterocycles. The molecule has 0 saturated heterocycles. The first kappa shape index (κ1) is 15.5. The maximum Gasteiger partial charge on any atom is 0.271 e. The Morgan fingerprint density at radius 2 is 1.79 bits per heavy atom. The van der Waals surface area contributed by atoms with Crippen molar-refractivity contribution in [1.82, 2.24) is 5.43 Å². The van der Waals surface area contributed by atoms with Gasteiger partial charge in [-0.3, -0.25) is 14.9 Å². The van der Waals surface area contributed by atoms with Crippen LogP contribution in [-0.2, 0) is 0 Å². The molecule has 2 aromatic rings. The quantitative estimate of drug-likeness (QED) is 0.528. The molecule has 1 N–H and O–H groups in total. The van der Waals surface area contributed by atoms with Gasteiger partial charge in [0.1, 0.15) is 0 Å². The molecule has 1 amide bonds. The molecule has 1 aliphatic heterocycles. The van der Waals surface area contributed by atoms with Gasteiger partial charge in [-0.15, -0.1) is 0 Å². The van der Waals surface area contributed by atoms with Crippen LogP contribution in [0.5, 0.6) is 11.5 Å². The maximum absolute atomic E-state index is 12.0. The van der Waals surface area contributed by atoms with Crippen LogP contribution in [0.25, 0.3) is 0 Å². The lowest BCUT2D eigenvalue weighted by Crippen LogP contribution is -2.19. The lowest BCUT2D eigenvalue weighted by atomic mass is 10.1. The molecule has 8 nitrogen and oxygen atoms in total. The number of hydrogen-bond acceptors (Lipinski definition) is 6. The number of carbonyl (C=O) groups is 1. The highest BCUT2D eigenvalue weighted by Gasteiger charge is 2.14. The van der Waals surface area contributed by atoms with Crippen molar-refractivity contribution in [2.24, 2.45) is 5.10 Å². The predicted octanol–water partition coefficient (Wildman–Crippen LogP) is 2.48. The average Bonchev–Trinajstić information content (AvgIpc) is 3.07. The zero-order valence-electron chi connectivity index (χ0n) is 12.7. The van der Waals surface area contributed by atoms with Crippen LogP contribution in [-0.4, -0.2) is 23.3 Å². The minimum atomic E-state index is -0.524. The van der Waals surface area contributed by atoms with Gasteiger partial charge in [0, 0.05) is 23.3 Å². The molecule has 8 heteroatoms. The molecule has 0 aliphatic carbocycles. The Kier molecular flexibility index (Phi) is 4.11. The highest BCUT2D eigenvalue weighted by atomic mass is 16.7. The molecule has 2 aromatic carbocycles. The van der Waals surface area contributed by atoms with Crippen LogP contribution < -0.4 is 14.9 Å². The molecule has 1 heterocycles. The molecular weight excluding hydrogens is 314 g/mol. The second kappa shape index (κ2) is 6.37. The smallest absolute Gasteiger partial charge is 0.271 e. The third-order valence-electron chi connectivity index (χ3n) is 3.46. The van der Waals surface area contributed by atoms with Gasteiger partial charge < -0.3 is 9.47 Å². The van der Waals surface area contributed by atoms with E-state index in [1.165, 1.54) is 24.3 Å². The van der Waals surface area contributed by atoms with E-state index in [-0.39, 0.29) is 18.0 Å². The van der Waals surface area contributed by atoms with E-state index in [1.54, 1.807) is 19.1 Å². The number of fused-ring (bicyclic) bond motifs is 1. The van der Waals surface area contributed by atoms with Gasteiger partial charge in [0.2, 0.25) is 6.79 Å². The average molecular weight is 327 g/mol. The molecule has 0 fully saturated rings. The van der Waals surface area contributed by atoms with Crippen LogP contribution in [0.3, 0.4) is 0 Å². The Bertz CT molecular complexity index is 830. The molecule has 0 atom stereocenters. The number of ether oxygens (including phenoxy) is 2. The molecular formula is C16H13N3O5. The van der Waals surface area contributed by atoms with Gasteiger partial charge >= 0.3 is 0 Å². The van der Waals surface area contributed by atoms with Gasteiger partial charge in [-0.2, -0.15) is 5.10 Å². The second-order valence-electron chi connectivity index (χ2n) is 5.01. The summed E-state index contributed by atoms with van der Waals surface area (Å²) in [5.74, 6) is 0.843. The van der Waals surface area contributed by atoms with E-state index in [9.17, 15) is 14.9 Å². The number of nitro groups is 1. The summed E-state index contributed by atoms with van der Waals surface area (Å²) >= 11 is 0. The standard InChI is InChI=1S/C16H13N3O5/c1-10(12-4-7-14-15(8-12)24-9-23-14)17-18-16(20)11-2-5-13(6-3-11)19(21)22/h2-8H,9H2,1H3,(H,18,20). The highest BCUT2D eigenvalue weighted by molar-refractivity contribution is 6.01. The SMILES string of the molecule is CC(=NNC(=O)c1ccc([N+](=O)[O-])cc1)c1ccc2c(c1)OCO2. The van der Waals surface area contributed by atoms with Crippen molar-refractivity contribution in [3.05, 3.63) is 63.7 Å². The van der Waals surface area contributed by atoms with Crippen LogP contribution in [0.2, 0.25) is 0 Å². The highest BCUT2D eigenvalue weighted by Crippen LogP contribution is 2.32. The maximum atomic E-state index is 12.0. The fraction of sp³-hybridized carbons (Fsp3) is 0.125. The van der Waals surface area contributed by atoms with Gasteiger partial charge in [-0.1, -0.05) is 0 Å². The molecule has 122 valence electrons. The minimum absolute atomic E-state index is 0.0772. The van der Waals surface area contributed by atoms with Crippen molar-refractivity contribution < 1.29 is 19.2 Å². The summed E-state index contributed by atoms with van der Waals surface area (Å²) in [6.45, 7) is 1.93. The monoisotopic (exact) mass is 327 g/mol. The summed E-state index contributed by atoms with van der Waals surface area (Å²) in [6.07, 6.45) is 0. The van der Waals surface area contributed by atoms with Gasteiger partial charge in [-0.05, 0) is 37.3 Å². The number of nitrogens with zero attached hydrogens (tertiary/aromatic N) is 2. The van der Waals surface area contributed by atoms with Gasteiger partial charge in [0.05, 0.1) is 10.6 Å². The van der Waals surface area contributed by atoms with Gasteiger partial charge in [-0.25, -0.2) is 5.43 Å². The summed E-state index contributed by atoms with van der Waals surface area (Å²) in [6, 6.07) is 10.6. The van der Waals surface area contributed by atoms with E-state index in [4.69, 9.17) is 9.47 Å². The number of amides is 1. The van der Waals surface area contributed by atoms with Crippen molar-refractivity contribution in [2.75, 3.05) is 6.79 Å². The Hall–Kier alpha value is -3.42. The van der Waals surface area contributed by atoms with E-state index >= 15 is 0 Å². The Morgan fingerprint density at radius 3 is 2.50 bits per heavy atom. The number of non-ortho nitro benzene ring substituents is 1. The molecule has 3 rings (SSSR count). The molecule has 24 heavy (non-hydrogen) atoms. The molecule has 0 unspecified atom stereocenters. The molecule has 0 bridgehead atoms. The first-order valence-electron chi connectivity index (χ1n) is 7.04. The summed E-state index contributed by atoms with van der Waals surface area (Å²) in [7, 11) is 0. The van der Waals surface area contributed by atoms with Crippen molar-refractivity contribution in [3.63, 3.8) is 0 Å². The number of nitro benzene ring substituents is 1. The summed E-state index contributed by atoms with van der Waals surface area (Å²) in [5, 5.41) is 14.6. The van der Waals surface area contributed by atoms with E-state index in [0.717, 1.165) is 5.56 Å². The number of nitrogens with one attached hydrogen (secondary N) is 1. The van der Waals surface area contributed by atoms with Crippen molar-refractivity contribution in [1.29, 1.82) is 0 Å². The first-order chi connectivity index (χ1) is 11.5. The number of hydrogen-bond donors (Lipinski definition) is 1. The van der Waals surface area contributed by atoms with E-state index in [2.05, 4.69) is 10.5 Å². The largest absolute Gasteiger partial charge is 0.454 e. The normalized spacial score (nSPS) is 12.8. The van der Waals surface area contributed by atoms with Crippen LogP contribution in [0.4, 0.5) is 5.69 Å². The predicted molar refractivity (Wildman–Crippen MR) is 85.3 cm³/mol. The van der Waals surface area contributed by atoms with Gasteiger partial charge in [0.15, 0.2) is 11.5 Å². The van der Waals surface area contributed by atoms with Crippen LogP contribution in [0.1, 0.15) is 22.8 Å². The summed E-state index contributed by atoms with van der Waals surface area (Å²) < 4.78 is 10.5. The number of benzene rings is 2. The van der Waals surface area contributed by atoms with Crippen molar-refractivity contribution >= 4 is 17.3 Å². The Labute approximate surface area is 136 Å². The topological polar surface area (TPSA) is 103 Å². The lowest BCUT2D eigenvalue weighted by Gasteiger charge is -2.04. The third kappa shape index (κ3) is 3.17. The first-order valence-corrected chi connectivity index (χ1v) is 7.04. The number of rotatable bonds is 4. The molecule has 0 radical (unpaired) electrons. The molecule has 1 aliphatic rings. The fourth-order valence-corrected chi connectivity index (χ4v) is 2.12. The Balaban J connectivity index is 1.70. The van der Waals surface area contributed by atoms with E-state index in [1.807, 2.05) is 6.07 Å². The number of carbonyl (C=O) groups excluding carboxylic acids is 1. The molecule has 0 saturated carbocycles. The fourth-order valence-electron chi connectivity index (χ4n) is 2.12. The van der Waals surface area contributed by atoms with Gasteiger partial charge in [0.25, 0.3) is 11.6 Å².